The minimum Gasteiger partial charge on any atom is -0.465 e. The smallest absolute Gasteiger partial charge is 0.316 e. The lowest BCUT2D eigenvalue weighted by atomic mass is 9.79. The van der Waals surface area contributed by atoms with Crippen molar-refractivity contribution in [1.82, 2.24) is 0 Å². The zero-order valence-electron chi connectivity index (χ0n) is 18.7. The Kier molecular flexibility index (Phi) is 8.25. The van der Waals surface area contributed by atoms with Gasteiger partial charge in [0.1, 0.15) is 5.92 Å². The molecule has 1 aromatic rings. The zero-order chi connectivity index (χ0) is 20.9. The molecule has 2 atom stereocenters. The Balaban J connectivity index is 3.16. The molecule has 3 nitrogen and oxygen atoms in total. The quantitative estimate of drug-likeness (QED) is 0.315. The van der Waals surface area contributed by atoms with Crippen molar-refractivity contribution in [2.45, 2.75) is 75.2 Å². The molecule has 0 aliphatic heterocycles. The predicted molar refractivity (Wildman–Crippen MR) is 112 cm³/mol. The molecule has 152 valence electrons. The van der Waals surface area contributed by atoms with Crippen molar-refractivity contribution in [3.05, 3.63) is 34.4 Å². The van der Waals surface area contributed by atoms with Gasteiger partial charge in [0.2, 0.25) is 0 Å². The molecule has 0 radical (unpaired) electrons. The molecule has 0 fully saturated rings. The van der Waals surface area contributed by atoms with E-state index in [9.17, 15) is 9.59 Å². The summed E-state index contributed by atoms with van der Waals surface area (Å²) < 4.78 is 5.48. The standard InChI is InChI=1S/C24H38O3/c1-15(2)14-27-23(26)20(12-17(4)13-24(7,8)9)22(25)21-18(5)10-16(3)11-19(21)6/h10-11,15,17,20H,12-14H2,1-9H3. The summed E-state index contributed by atoms with van der Waals surface area (Å²) in [6.45, 7) is 18.9. The number of esters is 1. The number of benzene rings is 1. The summed E-state index contributed by atoms with van der Waals surface area (Å²) in [5, 5.41) is 0. The van der Waals surface area contributed by atoms with Gasteiger partial charge in [0.15, 0.2) is 5.78 Å². The summed E-state index contributed by atoms with van der Waals surface area (Å²) in [6.07, 6.45) is 1.49. The van der Waals surface area contributed by atoms with Crippen LogP contribution in [0.1, 0.15) is 81.4 Å². The second-order valence-corrected chi connectivity index (χ2v) is 9.82. The van der Waals surface area contributed by atoms with Gasteiger partial charge in [-0.3, -0.25) is 9.59 Å². The van der Waals surface area contributed by atoms with E-state index in [-0.39, 0.29) is 29.0 Å². The normalized spacial score (nSPS) is 14.1. The van der Waals surface area contributed by atoms with Crippen molar-refractivity contribution >= 4 is 11.8 Å². The van der Waals surface area contributed by atoms with Gasteiger partial charge >= 0.3 is 5.97 Å². The Labute approximate surface area is 165 Å². The third kappa shape index (κ3) is 7.48. The molecule has 0 aliphatic carbocycles. The van der Waals surface area contributed by atoms with E-state index < -0.39 is 5.92 Å². The third-order valence-corrected chi connectivity index (χ3v) is 4.68. The number of rotatable bonds is 8. The van der Waals surface area contributed by atoms with Crippen LogP contribution < -0.4 is 0 Å². The average Bonchev–Trinajstić information content (AvgIpc) is 2.47. The third-order valence-electron chi connectivity index (χ3n) is 4.68. The average molecular weight is 375 g/mol. The molecule has 0 saturated heterocycles. The van der Waals surface area contributed by atoms with Gasteiger partial charge in [-0.1, -0.05) is 59.2 Å². The summed E-state index contributed by atoms with van der Waals surface area (Å²) in [4.78, 5) is 26.2. The predicted octanol–water partition coefficient (Wildman–Crippen LogP) is 6.07. The van der Waals surface area contributed by atoms with E-state index in [1.54, 1.807) is 0 Å². The van der Waals surface area contributed by atoms with Crippen molar-refractivity contribution in [3.8, 4) is 0 Å². The van der Waals surface area contributed by atoms with E-state index in [4.69, 9.17) is 4.74 Å². The molecule has 2 unspecified atom stereocenters. The second-order valence-electron chi connectivity index (χ2n) is 9.82. The van der Waals surface area contributed by atoms with E-state index in [0.717, 1.165) is 23.1 Å². The lowest BCUT2D eigenvalue weighted by Crippen LogP contribution is -2.30. The molecule has 0 heterocycles. The molecule has 0 amide bonds. The first kappa shape index (κ1) is 23.4. The SMILES string of the molecule is Cc1cc(C)c(C(=O)C(CC(C)CC(C)(C)C)C(=O)OCC(C)C)c(C)c1. The maximum absolute atomic E-state index is 13.4. The number of hydrogen-bond acceptors (Lipinski definition) is 3. The summed E-state index contributed by atoms with van der Waals surface area (Å²) in [6, 6.07) is 4.02. The number of aryl methyl sites for hydroxylation is 3. The molecule has 3 heteroatoms. The molecule has 0 aromatic heterocycles. The van der Waals surface area contributed by atoms with E-state index in [1.807, 2.05) is 46.8 Å². The van der Waals surface area contributed by atoms with Gasteiger partial charge in [-0.25, -0.2) is 0 Å². The van der Waals surface area contributed by atoms with Gasteiger partial charge in [0.05, 0.1) is 6.61 Å². The largest absolute Gasteiger partial charge is 0.465 e. The monoisotopic (exact) mass is 374 g/mol. The highest BCUT2D eigenvalue weighted by molar-refractivity contribution is 6.10. The number of ether oxygens (including phenoxy) is 1. The van der Waals surface area contributed by atoms with Gasteiger partial charge in [0, 0.05) is 5.56 Å². The summed E-state index contributed by atoms with van der Waals surface area (Å²) in [5.74, 6) is -0.703. The Morgan fingerprint density at radius 1 is 1.00 bits per heavy atom. The van der Waals surface area contributed by atoms with Crippen LogP contribution in [-0.2, 0) is 9.53 Å². The van der Waals surface area contributed by atoms with Crippen molar-refractivity contribution in [2.24, 2.45) is 23.2 Å². The molecule has 0 spiro atoms. The number of carbonyl (C=O) groups excluding carboxylic acids is 2. The van der Waals surface area contributed by atoms with Crippen molar-refractivity contribution in [3.63, 3.8) is 0 Å². The Hall–Kier alpha value is -1.64. The van der Waals surface area contributed by atoms with E-state index in [1.165, 1.54) is 0 Å². The van der Waals surface area contributed by atoms with Crippen molar-refractivity contribution in [2.75, 3.05) is 6.61 Å². The van der Waals surface area contributed by atoms with Crippen molar-refractivity contribution in [1.29, 1.82) is 0 Å². The highest BCUT2D eigenvalue weighted by Gasteiger charge is 2.33. The molecular weight excluding hydrogens is 336 g/mol. The van der Waals surface area contributed by atoms with Crippen LogP contribution in [0.2, 0.25) is 0 Å². The Morgan fingerprint density at radius 2 is 1.52 bits per heavy atom. The molecule has 0 bridgehead atoms. The Morgan fingerprint density at radius 3 is 1.96 bits per heavy atom. The Bertz CT molecular complexity index is 642. The first-order valence-corrected chi connectivity index (χ1v) is 10.1. The van der Waals surface area contributed by atoms with Gasteiger partial charge < -0.3 is 4.74 Å². The molecule has 27 heavy (non-hydrogen) atoms. The van der Waals surface area contributed by atoms with Crippen LogP contribution in [0.3, 0.4) is 0 Å². The van der Waals surface area contributed by atoms with Gasteiger partial charge in [-0.2, -0.15) is 0 Å². The molecule has 1 rings (SSSR count). The van der Waals surface area contributed by atoms with Crippen LogP contribution in [0.15, 0.2) is 12.1 Å². The van der Waals surface area contributed by atoms with Crippen LogP contribution in [0.5, 0.6) is 0 Å². The van der Waals surface area contributed by atoms with Crippen LogP contribution in [0.25, 0.3) is 0 Å². The first-order valence-electron chi connectivity index (χ1n) is 10.1. The second kappa shape index (κ2) is 9.52. The summed E-state index contributed by atoms with van der Waals surface area (Å²) in [5.41, 5.74) is 3.83. The maximum Gasteiger partial charge on any atom is 0.316 e. The summed E-state index contributed by atoms with van der Waals surface area (Å²) in [7, 11) is 0. The van der Waals surface area contributed by atoms with E-state index in [2.05, 4.69) is 27.7 Å². The molecule has 1 aromatic carbocycles. The van der Waals surface area contributed by atoms with Crippen LogP contribution in [-0.4, -0.2) is 18.4 Å². The van der Waals surface area contributed by atoms with Gasteiger partial charge in [-0.05, 0) is 62.0 Å². The van der Waals surface area contributed by atoms with Gasteiger partial charge in [0.25, 0.3) is 0 Å². The number of ketones is 1. The van der Waals surface area contributed by atoms with E-state index >= 15 is 0 Å². The zero-order valence-corrected chi connectivity index (χ0v) is 18.7. The van der Waals surface area contributed by atoms with Crippen LogP contribution in [0.4, 0.5) is 0 Å². The minimum absolute atomic E-state index is 0.0977. The number of Topliss-reactive ketones (excluding diaryl/α,β-unsaturated/α-hetero) is 1. The van der Waals surface area contributed by atoms with Crippen LogP contribution in [0, 0.1) is 43.9 Å². The highest BCUT2D eigenvalue weighted by atomic mass is 16.5. The van der Waals surface area contributed by atoms with Gasteiger partial charge in [-0.15, -0.1) is 0 Å². The lowest BCUT2D eigenvalue weighted by Gasteiger charge is -2.26. The highest BCUT2D eigenvalue weighted by Crippen LogP contribution is 2.31. The molecule has 0 saturated carbocycles. The molecule has 0 aliphatic rings. The summed E-state index contributed by atoms with van der Waals surface area (Å²) >= 11 is 0. The number of hydrogen-bond donors (Lipinski definition) is 0. The van der Waals surface area contributed by atoms with E-state index in [0.29, 0.717) is 18.6 Å². The fraction of sp³-hybridized carbons (Fsp3) is 0.667. The topological polar surface area (TPSA) is 43.4 Å². The van der Waals surface area contributed by atoms with Crippen LogP contribution >= 0.6 is 0 Å². The molecule has 0 N–H and O–H groups in total. The minimum atomic E-state index is -0.735. The van der Waals surface area contributed by atoms with Crippen molar-refractivity contribution < 1.29 is 14.3 Å². The lowest BCUT2D eigenvalue weighted by molar-refractivity contribution is -0.148. The first-order chi connectivity index (χ1) is 12.3. The maximum atomic E-state index is 13.4. The fourth-order valence-electron chi connectivity index (χ4n) is 3.93. The molecular formula is C24H38O3. The fourth-order valence-corrected chi connectivity index (χ4v) is 3.93. The number of carbonyl (C=O) groups is 2.